The molecule has 1 heterocycles. The lowest BCUT2D eigenvalue weighted by atomic mass is 10.1. The van der Waals surface area contributed by atoms with Gasteiger partial charge in [0.2, 0.25) is 0 Å². The summed E-state index contributed by atoms with van der Waals surface area (Å²) in [5, 5.41) is -0.710. The van der Waals surface area contributed by atoms with Crippen molar-refractivity contribution in [2.75, 3.05) is 101 Å². The number of carbonyl (C=O) groups excluding carboxylic acids is 3. The van der Waals surface area contributed by atoms with E-state index in [-0.39, 0.29) is 126 Å². The Labute approximate surface area is 416 Å². The SMILES string of the molecule is CCOP(=O)(O)c1cc2c(OCC(=O)OCCOC)c(c1)COCc1cc(P(=O)(O)OCC)cc(c1OCC(=O)OCCOC)COCc1cc(P(=O)(O)OCC)cc(c1OCC(=O)OCCOC)COC2. The molecule has 3 N–H and O–H groups in total. The predicted molar refractivity (Wildman–Crippen MR) is 253 cm³/mol. The van der Waals surface area contributed by atoms with Gasteiger partial charge < -0.3 is 85.1 Å². The zero-order valence-corrected chi connectivity index (χ0v) is 43.6. The molecular weight excluding hydrogens is 1020 g/mol. The van der Waals surface area contributed by atoms with E-state index in [4.69, 9.17) is 70.4 Å². The van der Waals surface area contributed by atoms with Gasteiger partial charge in [0.05, 0.1) is 95.2 Å². The monoisotopic (exact) mass is 1080 g/mol. The van der Waals surface area contributed by atoms with Gasteiger partial charge in [-0.15, -0.1) is 0 Å². The molecule has 72 heavy (non-hydrogen) atoms. The fourth-order valence-corrected chi connectivity index (χ4v) is 10.1. The third-order valence-electron chi connectivity index (χ3n) is 9.77. The van der Waals surface area contributed by atoms with Crippen LogP contribution in [0.1, 0.15) is 54.2 Å². The van der Waals surface area contributed by atoms with Gasteiger partial charge in [-0.05, 0) is 57.2 Å². The third-order valence-corrected chi connectivity index (χ3v) is 14.3. The Balaban J connectivity index is 2.03. The molecule has 24 nitrogen and oxygen atoms in total. The van der Waals surface area contributed by atoms with Crippen molar-refractivity contribution in [3.8, 4) is 17.2 Å². The van der Waals surface area contributed by atoms with E-state index in [1.165, 1.54) is 78.5 Å². The van der Waals surface area contributed by atoms with Gasteiger partial charge in [0.1, 0.15) is 37.1 Å². The fraction of sp³-hybridized carbons (Fsp3) is 0.533. The highest BCUT2D eigenvalue weighted by molar-refractivity contribution is 7.61. The molecule has 3 aromatic rings. The molecule has 0 spiro atoms. The fourth-order valence-electron chi connectivity index (χ4n) is 6.69. The van der Waals surface area contributed by atoms with Crippen molar-refractivity contribution in [2.24, 2.45) is 0 Å². The molecule has 0 saturated carbocycles. The standard InChI is InChI=1S/C45H63O24P3/c1-7-67-70(49,50)37-16-31-22-58-24-33-18-38(71(51,52)68-8-2)20-35(44(33)65-29-41(47)62-14-11-56-5)26-60-27-36-21-39(72(53,54)69-9-3)19-34(45(36)66-30-42(48)63-15-12-57-6)25-59-23-32(17-37)43(31)64-28-40(46)61-13-10-55-4/h16-21H,7-15,22-30H2,1-6H3,(H,49,50)(H,51,52)(H,53,54). The summed E-state index contributed by atoms with van der Waals surface area (Å²) in [5.74, 6) is -2.60. The number of ether oxygens (including phenoxy) is 12. The van der Waals surface area contributed by atoms with Crippen LogP contribution in [0.3, 0.4) is 0 Å². The molecule has 4 rings (SSSR count). The molecule has 0 fully saturated rings. The highest BCUT2D eigenvalue weighted by atomic mass is 31.2. The van der Waals surface area contributed by atoms with Gasteiger partial charge in [0.25, 0.3) is 0 Å². The largest absolute Gasteiger partial charge is 0.481 e. The van der Waals surface area contributed by atoms with Gasteiger partial charge in [-0.3, -0.25) is 13.7 Å². The summed E-state index contributed by atoms with van der Waals surface area (Å²) < 4.78 is 124. The van der Waals surface area contributed by atoms with Crippen LogP contribution in [0.25, 0.3) is 0 Å². The minimum absolute atomic E-state index is 0.0599. The van der Waals surface area contributed by atoms with Crippen molar-refractivity contribution in [1.82, 2.24) is 0 Å². The van der Waals surface area contributed by atoms with Crippen molar-refractivity contribution >= 4 is 56.6 Å². The summed E-state index contributed by atoms with van der Waals surface area (Å²) in [7, 11) is -9.47. The molecular formula is C45H63O24P3. The maximum atomic E-state index is 13.7. The molecule has 3 atom stereocenters. The number of esters is 3. The van der Waals surface area contributed by atoms with Crippen molar-refractivity contribution < 1.29 is 113 Å². The smallest absolute Gasteiger partial charge is 0.358 e. The summed E-state index contributed by atoms with van der Waals surface area (Å²) in [5.41, 5.74) is 0.473. The van der Waals surface area contributed by atoms with E-state index < -0.39 is 100 Å². The second-order valence-electron chi connectivity index (χ2n) is 15.1. The highest BCUT2D eigenvalue weighted by Crippen LogP contribution is 2.45. The Morgan fingerprint density at radius 3 is 0.847 bits per heavy atom. The zero-order valence-electron chi connectivity index (χ0n) is 40.9. The Hall–Kier alpha value is -4.32. The lowest BCUT2D eigenvalue weighted by molar-refractivity contribution is -0.148. The number of rotatable bonds is 27. The second kappa shape index (κ2) is 30.1. The van der Waals surface area contributed by atoms with E-state index in [2.05, 4.69) is 0 Å². The molecule has 1 aliphatic rings. The lowest BCUT2D eigenvalue weighted by Crippen LogP contribution is -2.21. The van der Waals surface area contributed by atoms with Crippen LogP contribution in [-0.4, -0.2) is 133 Å². The van der Waals surface area contributed by atoms with Crippen molar-refractivity contribution in [2.45, 2.75) is 60.4 Å². The van der Waals surface area contributed by atoms with Crippen LogP contribution < -0.4 is 30.1 Å². The Kier molecular flexibility index (Phi) is 25.2. The van der Waals surface area contributed by atoms with Crippen LogP contribution in [0.15, 0.2) is 36.4 Å². The highest BCUT2D eigenvalue weighted by Gasteiger charge is 2.31. The number of benzene rings is 3. The predicted octanol–water partition coefficient (Wildman–Crippen LogP) is 3.40. The third kappa shape index (κ3) is 18.6. The molecule has 0 amide bonds. The van der Waals surface area contributed by atoms with Crippen molar-refractivity contribution in [3.05, 3.63) is 69.8 Å². The summed E-state index contributed by atoms with van der Waals surface area (Å²) >= 11 is 0. The van der Waals surface area contributed by atoms with Crippen LogP contribution in [0.2, 0.25) is 0 Å². The molecule has 3 aromatic carbocycles. The van der Waals surface area contributed by atoms with E-state index in [0.717, 1.165) is 0 Å². The van der Waals surface area contributed by atoms with Gasteiger partial charge >= 0.3 is 40.7 Å². The molecule has 0 radical (unpaired) electrons. The first-order valence-electron chi connectivity index (χ1n) is 22.4. The molecule has 0 aromatic heterocycles. The number of hydrogen-bond acceptors (Lipinski definition) is 21. The number of carbonyl (C=O) groups is 3. The zero-order chi connectivity index (χ0) is 52.7. The van der Waals surface area contributed by atoms with Gasteiger partial charge in [0, 0.05) is 54.7 Å². The Morgan fingerprint density at radius 2 is 0.653 bits per heavy atom. The summed E-state index contributed by atoms with van der Waals surface area (Å²) in [6.07, 6.45) is 0. The first-order chi connectivity index (χ1) is 34.4. The van der Waals surface area contributed by atoms with Crippen molar-refractivity contribution in [1.29, 1.82) is 0 Å². The first kappa shape index (κ1) is 60.2. The molecule has 402 valence electrons. The Morgan fingerprint density at radius 1 is 0.431 bits per heavy atom. The Bertz CT molecular complexity index is 2080. The molecule has 0 aliphatic carbocycles. The first-order valence-corrected chi connectivity index (χ1v) is 27.1. The van der Waals surface area contributed by atoms with Crippen LogP contribution in [0, 0.1) is 0 Å². The second-order valence-corrected chi connectivity index (χ2v) is 20.5. The lowest BCUT2D eigenvalue weighted by Gasteiger charge is -2.23. The van der Waals surface area contributed by atoms with Crippen molar-refractivity contribution in [3.63, 3.8) is 0 Å². The molecule has 1 aliphatic heterocycles. The van der Waals surface area contributed by atoms with Crippen LogP contribution in [-0.2, 0) is 124 Å². The van der Waals surface area contributed by atoms with E-state index in [0.29, 0.717) is 0 Å². The number of fused-ring (bicyclic) bond motifs is 6. The van der Waals surface area contributed by atoms with E-state index in [1.54, 1.807) is 0 Å². The quantitative estimate of drug-likeness (QED) is 0.0426. The molecule has 3 unspecified atom stereocenters. The summed E-state index contributed by atoms with van der Waals surface area (Å²) in [4.78, 5) is 72.1. The minimum atomic E-state index is -4.58. The minimum Gasteiger partial charge on any atom is -0.481 e. The van der Waals surface area contributed by atoms with E-state index in [1.807, 2.05) is 0 Å². The van der Waals surface area contributed by atoms with E-state index >= 15 is 0 Å². The molecule has 27 heteroatoms. The number of hydrogen-bond donors (Lipinski definition) is 3. The average Bonchev–Trinajstić information content (AvgIpc) is 3.32. The van der Waals surface area contributed by atoms with Gasteiger partial charge in [0.15, 0.2) is 19.8 Å². The van der Waals surface area contributed by atoms with Crippen LogP contribution in [0.4, 0.5) is 0 Å². The van der Waals surface area contributed by atoms with Crippen LogP contribution in [0.5, 0.6) is 17.2 Å². The van der Waals surface area contributed by atoms with Gasteiger partial charge in [-0.1, -0.05) is 0 Å². The maximum Gasteiger partial charge on any atom is 0.358 e. The maximum absolute atomic E-state index is 13.7. The normalized spacial score (nSPS) is 15.6. The van der Waals surface area contributed by atoms with Gasteiger partial charge in [-0.25, -0.2) is 14.4 Å². The summed E-state index contributed by atoms with van der Waals surface area (Å²) in [6, 6.07) is 7.61. The van der Waals surface area contributed by atoms with Gasteiger partial charge in [-0.2, -0.15) is 0 Å². The molecule has 6 bridgehead atoms. The van der Waals surface area contributed by atoms with Crippen LogP contribution >= 0.6 is 22.8 Å². The topological polar surface area (TPSA) is 302 Å². The molecule has 0 saturated heterocycles. The summed E-state index contributed by atoms with van der Waals surface area (Å²) in [6.45, 7) is -0.659. The average molecular weight is 1080 g/mol. The number of methoxy groups -OCH3 is 3. The van der Waals surface area contributed by atoms with E-state index in [9.17, 15) is 42.8 Å².